The molecule has 0 rings (SSSR count). The molecule has 13 heavy (non-hydrogen) atoms. The van der Waals surface area contributed by atoms with E-state index in [0.29, 0.717) is 0 Å². The minimum atomic E-state index is -3.29. The number of hydrogen-bond donors (Lipinski definition) is 0. The summed E-state index contributed by atoms with van der Waals surface area (Å²) in [5, 5.41) is 0.225. The first kappa shape index (κ1) is 12.9. The molecule has 0 aromatic heterocycles. The topological polar surface area (TPSA) is 35.5 Å². The van der Waals surface area contributed by atoms with Gasteiger partial charge < -0.3 is 9.05 Å². The zero-order valence-corrected chi connectivity index (χ0v) is 9.53. The van der Waals surface area contributed by atoms with Crippen molar-refractivity contribution >= 4 is 19.2 Å². The third-order valence-corrected chi connectivity index (χ3v) is 3.73. The molecule has 0 fully saturated rings. The van der Waals surface area contributed by atoms with Gasteiger partial charge in [-0.25, -0.2) is 0 Å². The molecule has 0 spiro atoms. The zero-order chi connectivity index (χ0) is 10.5. The molecule has 5 heteroatoms. The SMILES string of the molecule is C=C(Cl)C(=C)P(=O)(OCC)OCC. The molecule has 0 aromatic rings. The summed E-state index contributed by atoms with van der Waals surface area (Å²) in [5.41, 5.74) is 0. The summed E-state index contributed by atoms with van der Waals surface area (Å²) in [4.78, 5) is 0. The molecule has 0 radical (unpaired) electrons. The van der Waals surface area contributed by atoms with Crippen LogP contribution >= 0.6 is 19.2 Å². The largest absolute Gasteiger partial charge is 0.362 e. The van der Waals surface area contributed by atoms with Gasteiger partial charge in [-0.05, 0) is 13.8 Å². The predicted molar refractivity (Wildman–Crippen MR) is 55.0 cm³/mol. The Bertz CT molecular complexity index is 240. The van der Waals surface area contributed by atoms with Crippen LogP contribution in [0.25, 0.3) is 0 Å². The van der Waals surface area contributed by atoms with Gasteiger partial charge in [-0.15, -0.1) is 0 Å². The fourth-order valence-electron chi connectivity index (χ4n) is 0.682. The van der Waals surface area contributed by atoms with Crippen LogP contribution in [0.2, 0.25) is 0 Å². The summed E-state index contributed by atoms with van der Waals surface area (Å²) in [6.45, 7) is 10.9. The molecule has 0 heterocycles. The van der Waals surface area contributed by atoms with Crippen LogP contribution in [-0.2, 0) is 13.6 Å². The second-order valence-electron chi connectivity index (χ2n) is 2.18. The number of allylic oxidation sites excluding steroid dienone is 2. The monoisotopic (exact) mass is 224 g/mol. The molecule has 0 aliphatic carbocycles. The average Bonchev–Trinajstić information content (AvgIpc) is 2.03. The van der Waals surface area contributed by atoms with Gasteiger partial charge in [-0.2, -0.15) is 0 Å². The normalized spacial score (nSPS) is 11.3. The highest BCUT2D eigenvalue weighted by molar-refractivity contribution is 7.59. The highest BCUT2D eigenvalue weighted by Crippen LogP contribution is 2.58. The van der Waals surface area contributed by atoms with E-state index in [0.717, 1.165) is 0 Å². The minimum absolute atomic E-state index is 0.102. The standard InChI is InChI=1S/C8H14ClO3P/c1-5-11-13(10,12-6-2)8(4)7(3)9/h3-6H2,1-2H3. The molecule has 0 unspecified atom stereocenters. The lowest BCUT2D eigenvalue weighted by Gasteiger charge is -2.17. The maximum absolute atomic E-state index is 11.9. The van der Waals surface area contributed by atoms with E-state index in [9.17, 15) is 4.57 Å². The van der Waals surface area contributed by atoms with Crippen molar-refractivity contribution in [2.45, 2.75) is 13.8 Å². The van der Waals surface area contributed by atoms with E-state index in [-0.39, 0.29) is 23.6 Å². The lowest BCUT2D eigenvalue weighted by molar-refractivity contribution is 0.227. The molecular weight excluding hydrogens is 211 g/mol. The van der Waals surface area contributed by atoms with Crippen molar-refractivity contribution in [2.75, 3.05) is 13.2 Å². The van der Waals surface area contributed by atoms with Gasteiger partial charge in [0, 0.05) is 5.03 Å². The Morgan fingerprint density at radius 3 is 1.92 bits per heavy atom. The van der Waals surface area contributed by atoms with E-state index < -0.39 is 7.60 Å². The van der Waals surface area contributed by atoms with E-state index >= 15 is 0 Å². The summed E-state index contributed by atoms with van der Waals surface area (Å²) < 4.78 is 21.8. The molecule has 0 aliphatic rings. The lowest BCUT2D eigenvalue weighted by atomic mass is 10.6. The second-order valence-corrected chi connectivity index (χ2v) is 4.69. The van der Waals surface area contributed by atoms with E-state index in [4.69, 9.17) is 20.6 Å². The maximum atomic E-state index is 11.9. The van der Waals surface area contributed by atoms with Crippen molar-refractivity contribution < 1.29 is 13.6 Å². The molecule has 0 atom stereocenters. The predicted octanol–water partition coefficient (Wildman–Crippen LogP) is 3.52. The van der Waals surface area contributed by atoms with Crippen LogP contribution in [0.15, 0.2) is 23.5 Å². The van der Waals surface area contributed by atoms with Crippen LogP contribution in [0.1, 0.15) is 13.8 Å². The second kappa shape index (κ2) is 5.61. The minimum Gasteiger partial charge on any atom is -0.305 e. The van der Waals surface area contributed by atoms with Crippen LogP contribution in [0.4, 0.5) is 0 Å². The van der Waals surface area contributed by atoms with Gasteiger partial charge in [0.05, 0.1) is 18.5 Å². The van der Waals surface area contributed by atoms with Crippen molar-refractivity contribution in [1.82, 2.24) is 0 Å². The Morgan fingerprint density at radius 1 is 1.31 bits per heavy atom. The third kappa shape index (κ3) is 3.65. The molecule has 0 bridgehead atoms. The van der Waals surface area contributed by atoms with Gasteiger partial charge in [0.25, 0.3) is 0 Å². The van der Waals surface area contributed by atoms with Crippen LogP contribution in [0, 0.1) is 0 Å². The van der Waals surface area contributed by atoms with Crippen molar-refractivity contribution in [3.63, 3.8) is 0 Å². The fourth-order valence-corrected chi connectivity index (χ4v) is 2.36. The van der Waals surface area contributed by atoms with Gasteiger partial charge >= 0.3 is 7.60 Å². The molecule has 0 aliphatic heterocycles. The van der Waals surface area contributed by atoms with Gasteiger partial charge in [0.2, 0.25) is 0 Å². The molecule has 0 saturated carbocycles. The fraction of sp³-hybridized carbons (Fsp3) is 0.500. The Morgan fingerprint density at radius 2 is 1.69 bits per heavy atom. The molecular formula is C8H14ClO3P. The van der Waals surface area contributed by atoms with Crippen molar-refractivity contribution in [1.29, 1.82) is 0 Å². The van der Waals surface area contributed by atoms with E-state index in [1.807, 2.05) is 0 Å². The Hall–Kier alpha value is -0.0800. The highest BCUT2D eigenvalue weighted by Gasteiger charge is 2.28. The lowest BCUT2D eigenvalue weighted by Crippen LogP contribution is -1.97. The van der Waals surface area contributed by atoms with Crippen LogP contribution in [0.3, 0.4) is 0 Å². The summed E-state index contributed by atoms with van der Waals surface area (Å²) >= 11 is 5.56. The Balaban J connectivity index is 4.68. The maximum Gasteiger partial charge on any atom is 0.362 e. The van der Waals surface area contributed by atoms with E-state index in [2.05, 4.69) is 13.2 Å². The molecule has 0 saturated heterocycles. The number of rotatable bonds is 6. The molecule has 0 N–H and O–H groups in total. The highest BCUT2D eigenvalue weighted by atomic mass is 35.5. The third-order valence-electron chi connectivity index (χ3n) is 1.24. The van der Waals surface area contributed by atoms with Crippen LogP contribution in [-0.4, -0.2) is 13.2 Å². The van der Waals surface area contributed by atoms with Gasteiger partial charge in [0.15, 0.2) is 0 Å². The van der Waals surface area contributed by atoms with Crippen molar-refractivity contribution in [3.8, 4) is 0 Å². The van der Waals surface area contributed by atoms with Crippen molar-refractivity contribution in [3.05, 3.63) is 23.5 Å². The summed E-state index contributed by atoms with van der Waals surface area (Å²) in [6, 6.07) is 0. The molecule has 3 nitrogen and oxygen atoms in total. The average molecular weight is 225 g/mol. The smallest absolute Gasteiger partial charge is 0.305 e. The number of halogens is 1. The van der Waals surface area contributed by atoms with Crippen LogP contribution < -0.4 is 0 Å². The molecule has 76 valence electrons. The molecule has 0 amide bonds. The first-order chi connectivity index (χ1) is 5.98. The Kier molecular flexibility index (Phi) is 5.57. The van der Waals surface area contributed by atoms with Gasteiger partial charge in [0.1, 0.15) is 0 Å². The zero-order valence-electron chi connectivity index (χ0n) is 7.88. The molecule has 0 aromatic carbocycles. The summed E-state index contributed by atoms with van der Waals surface area (Å²) in [6.07, 6.45) is 0. The van der Waals surface area contributed by atoms with E-state index in [1.165, 1.54) is 0 Å². The van der Waals surface area contributed by atoms with Crippen molar-refractivity contribution in [2.24, 2.45) is 0 Å². The summed E-state index contributed by atoms with van der Waals surface area (Å²) in [5.74, 6) is 0. The van der Waals surface area contributed by atoms with E-state index in [1.54, 1.807) is 13.8 Å². The first-order valence-corrected chi connectivity index (χ1v) is 5.83. The quantitative estimate of drug-likeness (QED) is 0.512. The summed E-state index contributed by atoms with van der Waals surface area (Å²) in [7, 11) is -3.29. The first-order valence-electron chi connectivity index (χ1n) is 3.91. The van der Waals surface area contributed by atoms with Gasteiger partial charge in [-0.1, -0.05) is 24.8 Å². The Labute approximate surface area is 83.9 Å². The van der Waals surface area contributed by atoms with Gasteiger partial charge in [-0.3, -0.25) is 4.57 Å². The van der Waals surface area contributed by atoms with Crippen LogP contribution in [0.5, 0.6) is 0 Å². The number of hydrogen-bond acceptors (Lipinski definition) is 3.